The van der Waals surface area contributed by atoms with Gasteiger partial charge in [-0.15, -0.1) is 0 Å². The summed E-state index contributed by atoms with van der Waals surface area (Å²) >= 11 is 0. The molecule has 25 heavy (non-hydrogen) atoms. The number of amides is 2. The van der Waals surface area contributed by atoms with E-state index in [2.05, 4.69) is 11.5 Å². The number of rotatable bonds is 4. The number of aromatic nitrogens is 1. The molecule has 2 rings (SSSR count). The fraction of sp³-hybridized carbons (Fsp3) is 0.526. The third-order valence-electron chi connectivity index (χ3n) is 4.72. The Hall–Kier alpha value is -2.55. The van der Waals surface area contributed by atoms with Crippen LogP contribution in [0.4, 0.5) is 0 Å². The number of carbonyl (C=O) groups excluding carboxylic acids is 2. The van der Waals surface area contributed by atoms with Crippen molar-refractivity contribution in [3.05, 3.63) is 28.6 Å². The maximum Gasteiger partial charge on any atom is 0.264 e. The molecule has 134 valence electrons. The summed E-state index contributed by atoms with van der Waals surface area (Å²) < 4.78 is 2.21. The topological polar surface area (TPSA) is 69.3 Å². The smallest absolute Gasteiger partial charge is 0.264 e. The van der Waals surface area contributed by atoms with Gasteiger partial charge in [0.05, 0.1) is 0 Å². The molecule has 1 aromatic rings. The molecule has 0 N–H and O–H groups in total. The molecule has 0 spiro atoms. The number of hydrogen-bond donors (Lipinski definition) is 0. The Bertz CT molecular complexity index is 731. The molecule has 1 saturated heterocycles. The number of nitrogens with zero attached hydrogens (tertiary/aromatic N) is 4. The van der Waals surface area contributed by atoms with Gasteiger partial charge < -0.3 is 14.4 Å². The maximum absolute atomic E-state index is 12.7. The van der Waals surface area contributed by atoms with Crippen molar-refractivity contribution in [2.45, 2.75) is 40.7 Å². The van der Waals surface area contributed by atoms with Crippen LogP contribution >= 0.6 is 0 Å². The Labute approximate surface area is 149 Å². The molecule has 0 atom stereocenters. The second-order valence-corrected chi connectivity index (χ2v) is 6.45. The molecule has 2 amide bonds. The highest BCUT2D eigenvalue weighted by Gasteiger charge is 2.25. The highest BCUT2D eigenvalue weighted by molar-refractivity contribution is 6.02. The third-order valence-corrected chi connectivity index (χ3v) is 4.72. The van der Waals surface area contributed by atoms with Crippen molar-refractivity contribution in [2.75, 3.05) is 26.2 Å². The predicted octanol–water partition coefficient (Wildman–Crippen LogP) is 2.11. The molecule has 2 heterocycles. The summed E-state index contributed by atoms with van der Waals surface area (Å²) in [5.74, 6) is -0.238. The third kappa shape index (κ3) is 4.11. The summed E-state index contributed by atoms with van der Waals surface area (Å²) in [7, 11) is 0. The average molecular weight is 342 g/mol. The van der Waals surface area contributed by atoms with Gasteiger partial charge in [-0.25, -0.2) is 0 Å². The van der Waals surface area contributed by atoms with Crippen LogP contribution in [-0.2, 0) is 16.1 Å². The lowest BCUT2D eigenvalue weighted by atomic mass is 10.1. The minimum atomic E-state index is -0.258. The van der Waals surface area contributed by atoms with Gasteiger partial charge in [-0.1, -0.05) is 6.92 Å². The summed E-state index contributed by atoms with van der Waals surface area (Å²) in [6.45, 7) is 10.6. The molecule has 0 saturated carbocycles. The van der Waals surface area contributed by atoms with Crippen molar-refractivity contribution in [1.82, 2.24) is 14.4 Å². The minimum absolute atomic E-state index is 0.0199. The van der Waals surface area contributed by atoms with Crippen molar-refractivity contribution < 1.29 is 9.59 Å². The predicted molar refractivity (Wildman–Crippen MR) is 96.6 cm³/mol. The van der Waals surface area contributed by atoms with E-state index >= 15 is 0 Å². The molecular formula is C19H26N4O2. The molecule has 1 aliphatic rings. The van der Waals surface area contributed by atoms with Crippen molar-refractivity contribution >= 4 is 17.9 Å². The fourth-order valence-corrected chi connectivity index (χ4v) is 3.23. The Morgan fingerprint density at radius 3 is 2.32 bits per heavy atom. The van der Waals surface area contributed by atoms with E-state index < -0.39 is 0 Å². The van der Waals surface area contributed by atoms with Gasteiger partial charge in [0.15, 0.2) is 0 Å². The van der Waals surface area contributed by atoms with Crippen LogP contribution in [0.15, 0.2) is 11.6 Å². The van der Waals surface area contributed by atoms with Crippen LogP contribution in [0.1, 0.15) is 37.2 Å². The van der Waals surface area contributed by atoms with Crippen LogP contribution in [0.2, 0.25) is 0 Å². The fourth-order valence-electron chi connectivity index (χ4n) is 3.23. The highest BCUT2D eigenvalue weighted by atomic mass is 16.2. The summed E-state index contributed by atoms with van der Waals surface area (Å²) in [5, 5.41) is 9.46. The minimum Gasteiger partial charge on any atom is -0.349 e. The summed E-state index contributed by atoms with van der Waals surface area (Å²) in [6, 6.07) is 4.07. The van der Waals surface area contributed by atoms with E-state index in [9.17, 15) is 14.9 Å². The van der Waals surface area contributed by atoms with Gasteiger partial charge in [-0.3, -0.25) is 9.59 Å². The van der Waals surface area contributed by atoms with E-state index in [0.29, 0.717) is 26.2 Å². The van der Waals surface area contributed by atoms with E-state index in [0.717, 1.165) is 29.9 Å². The molecule has 0 radical (unpaired) electrons. The summed E-state index contributed by atoms with van der Waals surface area (Å²) in [5.41, 5.74) is 3.26. The Kier molecular flexibility index (Phi) is 6.02. The summed E-state index contributed by atoms with van der Waals surface area (Å²) in [4.78, 5) is 27.4. The molecule has 0 aromatic carbocycles. The van der Waals surface area contributed by atoms with Gasteiger partial charge in [0, 0.05) is 51.0 Å². The Balaban J connectivity index is 2.18. The highest BCUT2D eigenvalue weighted by Crippen LogP contribution is 2.19. The number of carbonyl (C=O) groups is 2. The van der Waals surface area contributed by atoms with Gasteiger partial charge in [0.2, 0.25) is 5.91 Å². The molecule has 0 aliphatic carbocycles. The van der Waals surface area contributed by atoms with E-state index in [-0.39, 0.29) is 17.4 Å². The maximum atomic E-state index is 12.7. The normalized spacial score (nSPS) is 15.2. The summed E-state index contributed by atoms with van der Waals surface area (Å²) in [6.07, 6.45) is 2.72. The van der Waals surface area contributed by atoms with Crippen molar-refractivity contribution in [1.29, 1.82) is 5.26 Å². The van der Waals surface area contributed by atoms with Crippen molar-refractivity contribution in [3.8, 4) is 6.07 Å². The SMILES string of the molecule is CCCn1c(C)cc(/C=C(\C#N)C(=O)N2CCN(C(C)=O)CC2)c1C. The average Bonchev–Trinajstić information content (AvgIpc) is 2.87. The molecular weight excluding hydrogens is 316 g/mol. The van der Waals surface area contributed by atoms with Gasteiger partial charge in [-0.05, 0) is 38.0 Å². The first kappa shape index (κ1) is 18.8. The molecule has 1 aromatic heterocycles. The van der Waals surface area contributed by atoms with Crippen molar-refractivity contribution in [2.24, 2.45) is 0 Å². The standard InChI is InChI=1S/C19H26N4O2/c1-5-6-23-14(2)11-17(15(23)3)12-18(13-20)19(25)22-9-7-21(8-10-22)16(4)24/h11-12H,5-10H2,1-4H3/b18-12+. The van der Waals surface area contributed by atoms with Gasteiger partial charge >= 0.3 is 0 Å². The molecule has 1 fully saturated rings. The first-order chi connectivity index (χ1) is 11.9. The quantitative estimate of drug-likeness (QED) is 0.622. The van der Waals surface area contributed by atoms with Crippen LogP contribution in [0.5, 0.6) is 0 Å². The molecule has 6 nitrogen and oxygen atoms in total. The van der Waals surface area contributed by atoms with Gasteiger partial charge in [0.25, 0.3) is 5.91 Å². The largest absolute Gasteiger partial charge is 0.349 e. The van der Waals surface area contributed by atoms with Crippen molar-refractivity contribution in [3.63, 3.8) is 0 Å². The van der Waals surface area contributed by atoms with Gasteiger partial charge in [0.1, 0.15) is 11.6 Å². The van der Waals surface area contributed by atoms with Crippen LogP contribution < -0.4 is 0 Å². The Morgan fingerprint density at radius 2 is 1.80 bits per heavy atom. The van der Waals surface area contributed by atoms with Crippen LogP contribution in [0.3, 0.4) is 0 Å². The van der Waals surface area contributed by atoms with Gasteiger partial charge in [-0.2, -0.15) is 5.26 Å². The molecule has 1 aliphatic heterocycles. The Morgan fingerprint density at radius 1 is 1.20 bits per heavy atom. The molecule has 0 unspecified atom stereocenters. The monoisotopic (exact) mass is 342 g/mol. The first-order valence-corrected chi connectivity index (χ1v) is 8.72. The van der Waals surface area contributed by atoms with Crippen LogP contribution in [-0.4, -0.2) is 52.4 Å². The number of piperazine rings is 1. The molecule has 0 bridgehead atoms. The van der Waals surface area contributed by atoms with E-state index in [4.69, 9.17) is 0 Å². The van der Waals surface area contributed by atoms with E-state index in [1.165, 1.54) is 6.92 Å². The lowest BCUT2D eigenvalue weighted by Gasteiger charge is -2.34. The lowest BCUT2D eigenvalue weighted by molar-refractivity contribution is -0.135. The van der Waals surface area contributed by atoms with E-state index in [1.807, 2.05) is 26.0 Å². The first-order valence-electron chi connectivity index (χ1n) is 8.72. The van der Waals surface area contributed by atoms with E-state index in [1.54, 1.807) is 15.9 Å². The number of nitriles is 1. The van der Waals surface area contributed by atoms with Crippen LogP contribution in [0, 0.1) is 25.2 Å². The number of aryl methyl sites for hydroxylation is 1. The zero-order valence-corrected chi connectivity index (χ0v) is 15.5. The number of hydrogen-bond acceptors (Lipinski definition) is 3. The molecule has 6 heteroatoms. The lowest BCUT2D eigenvalue weighted by Crippen LogP contribution is -2.50. The second-order valence-electron chi connectivity index (χ2n) is 6.45. The zero-order chi connectivity index (χ0) is 18.6. The van der Waals surface area contributed by atoms with Crippen LogP contribution in [0.25, 0.3) is 6.08 Å². The second kappa shape index (κ2) is 8.02. The zero-order valence-electron chi connectivity index (χ0n) is 15.5.